The molecule has 0 fully saturated rings. The van der Waals surface area contributed by atoms with Crippen LogP contribution in [0.25, 0.3) is 0 Å². The van der Waals surface area contributed by atoms with Crippen LogP contribution in [0.1, 0.15) is 27.4 Å². The third kappa shape index (κ3) is 3.45. The molecule has 0 bridgehead atoms. The highest BCUT2D eigenvalue weighted by Crippen LogP contribution is 2.24. The van der Waals surface area contributed by atoms with E-state index < -0.39 is 0 Å². The van der Waals surface area contributed by atoms with Gasteiger partial charge in [0, 0.05) is 6.07 Å². The quantitative estimate of drug-likeness (QED) is 0.762. The zero-order valence-electron chi connectivity index (χ0n) is 13.0. The normalized spacial score (nSPS) is 10.5. The van der Waals surface area contributed by atoms with Crippen molar-refractivity contribution in [3.63, 3.8) is 0 Å². The van der Waals surface area contributed by atoms with Crippen molar-refractivity contribution in [3.05, 3.63) is 71.4 Å². The molecule has 2 heterocycles. The molecule has 0 saturated carbocycles. The van der Waals surface area contributed by atoms with E-state index in [1.54, 1.807) is 24.3 Å². The number of rotatable bonds is 5. The molecule has 3 rings (SSSR count). The minimum atomic E-state index is -0.355. The summed E-state index contributed by atoms with van der Waals surface area (Å²) in [5.74, 6) is 1.71. The highest BCUT2D eigenvalue weighted by Gasteiger charge is 2.12. The van der Waals surface area contributed by atoms with Crippen molar-refractivity contribution >= 4 is 11.8 Å². The molecule has 0 unspecified atom stereocenters. The lowest BCUT2D eigenvalue weighted by Crippen LogP contribution is -2.09. The van der Waals surface area contributed by atoms with Gasteiger partial charge in [-0.3, -0.25) is 10.1 Å². The minimum absolute atomic E-state index is 0.231. The average Bonchev–Trinajstić information content (AvgIpc) is 3.18. The molecule has 0 aliphatic carbocycles. The van der Waals surface area contributed by atoms with Crippen molar-refractivity contribution in [2.24, 2.45) is 0 Å². The van der Waals surface area contributed by atoms with E-state index in [4.69, 9.17) is 13.6 Å². The fourth-order valence-electron chi connectivity index (χ4n) is 2.27. The number of hydrogen-bond donors (Lipinski definition) is 1. The topological polar surface area (TPSA) is 64.6 Å². The van der Waals surface area contributed by atoms with Gasteiger partial charge in [-0.15, -0.1) is 0 Å². The number of furan rings is 2. The Hall–Kier alpha value is -2.95. The maximum absolute atomic E-state index is 11.9. The van der Waals surface area contributed by atoms with Crippen molar-refractivity contribution in [1.29, 1.82) is 0 Å². The van der Waals surface area contributed by atoms with Crippen LogP contribution in [0.3, 0.4) is 0 Å². The highest BCUT2D eigenvalue weighted by molar-refractivity contribution is 6.01. The lowest BCUT2D eigenvalue weighted by Gasteiger charge is -2.10. The summed E-state index contributed by atoms with van der Waals surface area (Å²) in [6, 6.07) is 12.7. The number of nitrogens with one attached hydrogen (secondary N) is 1. The predicted molar refractivity (Wildman–Crippen MR) is 85.6 cm³/mol. The molecule has 5 nitrogen and oxygen atoms in total. The first-order chi connectivity index (χ1) is 11.1. The predicted octanol–water partition coefficient (Wildman–Crippen LogP) is 4.32. The van der Waals surface area contributed by atoms with Crippen LogP contribution in [0.5, 0.6) is 5.75 Å². The van der Waals surface area contributed by atoms with E-state index in [1.165, 1.54) is 6.26 Å². The average molecular weight is 311 g/mol. The van der Waals surface area contributed by atoms with Crippen LogP contribution in [0.4, 0.5) is 5.88 Å². The van der Waals surface area contributed by atoms with Crippen molar-refractivity contribution in [3.8, 4) is 5.75 Å². The Morgan fingerprint density at radius 2 is 1.87 bits per heavy atom. The fraction of sp³-hybridized carbons (Fsp3) is 0.167. The van der Waals surface area contributed by atoms with Gasteiger partial charge in [-0.1, -0.05) is 18.2 Å². The Morgan fingerprint density at radius 3 is 2.57 bits per heavy atom. The van der Waals surface area contributed by atoms with Crippen LogP contribution >= 0.6 is 0 Å². The van der Waals surface area contributed by atoms with Crippen LogP contribution in [0, 0.1) is 13.8 Å². The van der Waals surface area contributed by atoms with Crippen LogP contribution in [0.15, 0.2) is 57.6 Å². The van der Waals surface area contributed by atoms with Crippen molar-refractivity contribution in [2.75, 3.05) is 5.32 Å². The summed E-state index contributed by atoms with van der Waals surface area (Å²) in [5, 5.41) is 2.63. The maximum Gasteiger partial charge on any atom is 0.293 e. The molecule has 5 heteroatoms. The Morgan fingerprint density at radius 1 is 1.09 bits per heavy atom. The van der Waals surface area contributed by atoms with E-state index in [2.05, 4.69) is 5.32 Å². The van der Waals surface area contributed by atoms with Crippen LogP contribution in [-0.4, -0.2) is 5.91 Å². The summed E-state index contributed by atoms with van der Waals surface area (Å²) in [4.78, 5) is 11.9. The monoisotopic (exact) mass is 311 g/mol. The molecule has 23 heavy (non-hydrogen) atoms. The lowest BCUT2D eigenvalue weighted by atomic mass is 10.1. The smallest absolute Gasteiger partial charge is 0.293 e. The van der Waals surface area contributed by atoms with Crippen molar-refractivity contribution in [2.45, 2.75) is 20.5 Å². The van der Waals surface area contributed by atoms with Gasteiger partial charge in [0.15, 0.2) is 11.6 Å². The molecule has 2 aromatic heterocycles. The SMILES string of the molecule is Cc1cccc(C)c1OCc1ccc(NC(=O)c2ccco2)o1. The van der Waals surface area contributed by atoms with Gasteiger partial charge in [0.1, 0.15) is 18.1 Å². The fourth-order valence-corrected chi connectivity index (χ4v) is 2.27. The van der Waals surface area contributed by atoms with Crippen LogP contribution in [-0.2, 0) is 6.61 Å². The van der Waals surface area contributed by atoms with Crippen molar-refractivity contribution in [1.82, 2.24) is 0 Å². The number of ether oxygens (including phenoxy) is 1. The molecule has 1 N–H and O–H groups in total. The molecule has 0 saturated heterocycles. The second-order valence-electron chi connectivity index (χ2n) is 5.21. The first kappa shape index (κ1) is 15.0. The Bertz CT molecular complexity index is 782. The molecule has 0 spiro atoms. The highest BCUT2D eigenvalue weighted by atomic mass is 16.5. The number of carbonyl (C=O) groups excluding carboxylic acids is 1. The zero-order valence-corrected chi connectivity index (χ0v) is 13.0. The molecule has 118 valence electrons. The second-order valence-corrected chi connectivity index (χ2v) is 5.21. The maximum atomic E-state index is 11.9. The third-order valence-corrected chi connectivity index (χ3v) is 3.41. The Balaban J connectivity index is 1.62. The van der Waals surface area contributed by atoms with Gasteiger partial charge in [0.2, 0.25) is 0 Å². The van der Waals surface area contributed by atoms with E-state index in [-0.39, 0.29) is 11.7 Å². The molecule has 0 aliphatic heterocycles. The summed E-state index contributed by atoms with van der Waals surface area (Å²) in [6.45, 7) is 4.29. The van der Waals surface area contributed by atoms with E-state index in [0.29, 0.717) is 18.3 Å². The number of hydrogen-bond acceptors (Lipinski definition) is 4. The Kier molecular flexibility index (Phi) is 4.19. The molecule has 1 aromatic carbocycles. The number of anilines is 1. The number of aryl methyl sites for hydroxylation is 2. The number of amides is 1. The molecule has 3 aromatic rings. The molecule has 0 radical (unpaired) electrons. The van der Waals surface area contributed by atoms with Gasteiger partial charge in [-0.2, -0.15) is 0 Å². The first-order valence-electron chi connectivity index (χ1n) is 7.26. The first-order valence-corrected chi connectivity index (χ1v) is 7.26. The van der Waals surface area contributed by atoms with E-state index in [0.717, 1.165) is 16.9 Å². The van der Waals surface area contributed by atoms with Crippen LogP contribution in [0.2, 0.25) is 0 Å². The molecule has 0 aliphatic rings. The largest absolute Gasteiger partial charge is 0.485 e. The Labute approximate surface area is 133 Å². The number of carbonyl (C=O) groups is 1. The van der Waals surface area contributed by atoms with Gasteiger partial charge in [-0.25, -0.2) is 0 Å². The summed E-state index contributed by atoms with van der Waals surface area (Å²) >= 11 is 0. The summed E-state index contributed by atoms with van der Waals surface area (Å²) in [6.07, 6.45) is 1.45. The zero-order chi connectivity index (χ0) is 16.2. The van der Waals surface area contributed by atoms with Gasteiger partial charge in [-0.05, 0) is 43.2 Å². The molecule has 1 amide bonds. The standard InChI is InChI=1S/C18H17NO4/c1-12-5-3-6-13(2)17(12)22-11-14-8-9-16(23-14)19-18(20)15-7-4-10-21-15/h3-10H,11H2,1-2H3,(H,19,20). The van der Waals surface area contributed by atoms with Gasteiger partial charge in [0.05, 0.1) is 6.26 Å². The minimum Gasteiger partial charge on any atom is -0.485 e. The van der Waals surface area contributed by atoms with E-state index in [1.807, 2.05) is 32.0 Å². The molecule has 0 atom stereocenters. The third-order valence-electron chi connectivity index (χ3n) is 3.41. The summed E-state index contributed by atoms with van der Waals surface area (Å²) in [7, 11) is 0. The summed E-state index contributed by atoms with van der Waals surface area (Å²) in [5.41, 5.74) is 2.14. The molecular formula is C18H17NO4. The van der Waals surface area contributed by atoms with E-state index in [9.17, 15) is 4.79 Å². The number of benzene rings is 1. The van der Waals surface area contributed by atoms with Gasteiger partial charge < -0.3 is 13.6 Å². The lowest BCUT2D eigenvalue weighted by molar-refractivity contribution is 0.0994. The van der Waals surface area contributed by atoms with E-state index >= 15 is 0 Å². The molecular weight excluding hydrogens is 294 g/mol. The summed E-state index contributed by atoms with van der Waals surface area (Å²) < 4.78 is 16.4. The van der Waals surface area contributed by atoms with Crippen molar-refractivity contribution < 1.29 is 18.4 Å². The number of para-hydroxylation sites is 1. The van der Waals surface area contributed by atoms with Gasteiger partial charge in [0.25, 0.3) is 5.91 Å². The van der Waals surface area contributed by atoms with Gasteiger partial charge >= 0.3 is 0 Å². The second kappa shape index (κ2) is 6.44. The van der Waals surface area contributed by atoms with Crippen LogP contribution < -0.4 is 10.1 Å².